The number of hydrogen-bond donors (Lipinski definition) is 2. The molecule has 0 fully saturated rings. The van der Waals surface area contributed by atoms with E-state index in [0.29, 0.717) is 5.56 Å². The Kier molecular flexibility index (Phi) is 6.51. The fraction of sp³-hybridized carbons (Fsp3) is 0.222. The molecule has 0 bridgehead atoms. The predicted octanol–water partition coefficient (Wildman–Crippen LogP) is 3.29. The third kappa shape index (κ3) is 5.78. The molecule has 0 heterocycles. The van der Waals surface area contributed by atoms with Crippen molar-refractivity contribution in [3.8, 4) is 0 Å². The minimum atomic E-state index is -4.57. The van der Waals surface area contributed by atoms with E-state index in [0.717, 1.165) is 18.2 Å². The predicted molar refractivity (Wildman–Crippen MR) is 89.2 cm³/mol. The summed E-state index contributed by atoms with van der Waals surface area (Å²) in [6.07, 6.45) is -5.27. The largest absolute Gasteiger partial charge is 0.416 e. The molecule has 5 nitrogen and oxygen atoms in total. The van der Waals surface area contributed by atoms with Gasteiger partial charge in [0.15, 0.2) is 0 Å². The molecule has 9 heteroatoms. The van der Waals surface area contributed by atoms with E-state index in [9.17, 15) is 27.2 Å². The van der Waals surface area contributed by atoms with Crippen molar-refractivity contribution in [2.24, 2.45) is 0 Å². The van der Waals surface area contributed by atoms with Crippen LogP contribution >= 0.6 is 0 Å². The third-order valence-corrected chi connectivity index (χ3v) is 3.61. The molecule has 144 valence electrons. The first kappa shape index (κ1) is 20.4. The van der Waals surface area contributed by atoms with Crippen LogP contribution < -0.4 is 10.6 Å². The first-order valence-corrected chi connectivity index (χ1v) is 7.75. The van der Waals surface area contributed by atoms with Crippen LogP contribution in [0, 0.1) is 5.82 Å². The standard InChI is InChI=1S/C18H16F4N2O3/c1-27-15(11-4-2-6-13(19)8-11)10-23-16(25)17(26)24-14-7-3-5-12(9-14)18(20,21)22/h2-9,15H,10H2,1H3,(H,23,25)(H,24,26). The second kappa shape index (κ2) is 8.63. The van der Waals surface area contributed by atoms with Gasteiger partial charge in [0.05, 0.1) is 11.7 Å². The maximum Gasteiger partial charge on any atom is 0.416 e. The molecular weight excluding hydrogens is 368 g/mol. The monoisotopic (exact) mass is 384 g/mol. The Morgan fingerprint density at radius 2 is 1.78 bits per heavy atom. The van der Waals surface area contributed by atoms with E-state index >= 15 is 0 Å². The molecule has 0 saturated heterocycles. The number of benzene rings is 2. The van der Waals surface area contributed by atoms with Gasteiger partial charge in [-0.15, -0.1) is 0 Å². The number of anilines is 1. The van der Waals surface area contributed by atoms with Gasteiger partial charge >= 0.3 is 18.0 Å². The van der Waals surface area contributed by atoms with E-state index < -0.39 is 35.5 Å². The van der Waals surface area contributed by atoms with Crippen molar-refractivity contribution in [3.05, 3.63) is 65.5 Å². The molecule has 0 aliphatic carbocycles. The topological polar surface area (TPSA) is 67.4 Å². The maximum atomic E-state index is 13.3. The van der Waals surface area contributed by atoms with Crippen molar-refractivity contribution in [1.29, 1.82) is 0 Å². The zero-order valence-electron chi connectivity index (χ0n) is 14.1. The molecule has 0 aromatic heterocycles. The number of rotatable bonds is 5. The number of halogens is 4. The van der Waals surface area contributed by atoms with Gasteiger partial charge in [-0.3, -0.25) is 9.59 Å². The van der Waals surface area contributed by atoms with Crippen molar-refractivity contribution in [2.45, 2.75) is 12.3 Å². The summed E-state index contributed by atoms with van der Waals surface area (Å²) in [4.78, 5) is 23.7. The van der Waals surface area contributed by atoms with Crippen molar-refractivity contribution in [3.63, 3.8) is 0 Å². The molecule has 0 aliphatic rings. The Balaban J connectivity index is 1.96. The maximum absolute atomic E-state index is 13.3. The molecule has 0 aliphatic heterocycles. The van der Waals surface area contributed by atoms with E-state index in [1.54, 1.807) is 6.07 Å². The number of carbonyl (C=O) groups is 2. The molecule has 2 amide bonds. The molecular formula is C18H16F4N2O3. The highest BCUT2D eigenvalue weighted by Crippen LogP contribution is 2.30. The Morgan fingerprint density at radius 3 is 2.41 bits per heavy atom. The summed E-state index contributed by atoms with van der Waals surface area (Å²) in [6, 6.07) is 9.44. The summed E-state index contributed by atoms with van der Waals surface area (Å²) in [5, 5.41) is 4.39. The van der Waals surface area contributed by atoms with Crippen LogP contribution in [0.2, 0.25) is 0 Å². The number of hydrogen-bond acceptors (Lipinski definition) is 3. The van der Waals surface area contributed by atoms with Crippen molar-refractivity contribution in [1.82, 2.24) is 5.32 Å². The summed E-state index contributed by atoms with van der Waals surface area (Å²) >= 11 is 0. The fourth-order valence-corrected chi connectivity index (χ4v) is 2.27. The van der Waals surface area contributed by atoms with Crippen LogP contribution in [0.25, 0.3) is 0 Å². The first-order chi connectivity index (χ1) is 12.7. The van der Waals surface area contributed by atoms with Gasteiger partial charge in [-0.2, -0.15) is 13.2 Å². The second-order valence-electron chi connectivity index (χ2n) is 5.52. The van der Waals surface area contributed by atoms with Gasteiger partial charge in [0.2, 0.25) is 0 Å². The van der Waals surface area contributed by atoms with E-state index in [1.165, 1.54) is 31.4 Å². The lowest BCUT2D eigenvalue weighted by atomic mass is 10.1. The second-order valence-corrected chi connectivity index (χ2v) is 5.52. The van der Waals surface area contributed by atoms with Gasteiger partial charge in [-0.25, -0.2) is 4.39 Å². The number of methoxy groups -OCH3 is 1. The number of carbonyl (C=O) groups excluding carboxylic acids is 2. The van der Waals surface area contributed by atoms with Crippen LogP contribution in [0.5, 0.6) is 0 Å². The minimum absolute atomic E-state index is 0.130. The highest BCUT2D eigenvalue weighted by atomic mass is 19.4. The lowest BCUT2D eigenvalue weighted by Gasteiger charge is -2.16. The van der Waals surface area contributed by atoms with Crippen LogP contribution in [-0.2, 0) is 20.5 Å². The summed E-state index contributed by atoms with van der Waals surface area (Å²) in [7, 11) is 1.35. The zero-order chi connectivity index (χ0) is 20.0. The van der Waals surface area contributed by atoms with Crippen LogP contribution in [0.15, 0.2) is 48.5 Å². The number of amides is 2. The third-order valence-electron chi connectivity index (χ3n) is 3.61. The van der Waals surface area contributed by atoms with E-state index in [1.807, 2.05) is 0 Å². The van der Waals surface area contributed by atoms with Crippen molar-refractivity contribution >= 4 is 17.5 Å². The molecule has 1 atom stereocenters. The van der Waals surface area contributed by atoms with Gasteiger partial charge in [-0.05, 0) is 35.9 Å². The summed E-state index contributed by atoms with van der Waals surface area (Å²) in [5.41, 5.74) is -0.666. The Morgan fingerprint density at radius 1 is 1.07 bits per heavy atom. The van der Waals surface area contributed by atoms with Gasteiger partial charge in [-0.1, -0.05) is 18.2 Å². The van der Waals surface area contributed by atoms with Gasteiger partial charge in [0, 0.05) is 19.3 Å². The highest BCUT2D eigenvalue weighted by Gasteiger charge is 2.30. The number of nitrogens with one attached hydrogen (secondary N) is 2. The Labute approximate surface area is 152 Å². The molecule has 27 heavy (non-hydrogen) atoms. The van der Waals surface area contributed by atoms with E-state index in [2.05, 4.69) is 10.6 Å². The van der Waals surface area contributed by atoms with Crippen molar-refractivity contribution in [2.75, 3.05) is 19.0 Å². The number of alkyl halides is 3. The molecule has 0 saturated carbocycles. The molecule has 2 aromatic rings. The average Bonchev–Trinajstić information content (AvgIpc) is 2.61. The smallest absolute Gasteiger partial charge is 0.375 e. The molecule has 2 N–H and O–H groups in total. The van der Waals surface area contributed by atoms with Gasteiger partial charge in [0.1, 0.15) is 5.82 Å². The average molecular weight is 384 g/mol. The Hall–Kier alpha value is -2.94. The zero-order valence-corrected chi connectivity index (χ0v) is 14.1. The molecule has 0 radical (unpaired) electrons. The summed E-state index contributed by atoms with van der Waals surface area (Å²) in [5.74, 6) is -2.68. The normalized spacial score (nSPS) is 12.3. The lowest BCUT2D eigenvalue weighted by molar-refractivity contribution is -0.137. The molecule has 2 aromatic carbocycles. The fourth-order valence-electron chi connectivity index (χ4n) is 2.27. The van der Waals surface area contributed by atoms with E-state index in [4.69, 9.17) is 4.74 Å². The SMILES string of the molecule is COC(CNC(=O)C(=O)Nc1cccc(C(F)(F)F)c1)c1cccc(F)c1. The van der Waals surface area contributed by atoms with Gasteiger partial charge in [0.25, 0.3) is 0 Å². The minimum Gasteiger partial charge on any atom is -0.375 e. The number of ether oxygens (including phenoxy) is 1. The van der Waals surface area contributed by atoms with Crippen LogP contribution in [-0.4, -0.2) is 25.5 Å². The van der Waals surface area contributed by atoms with Crippen LogP contribution in [0.4, 0.5) is 23.2 Å². The van der Waals surface area contributed by atoms with E-state index in [-0.39, 0.29) is 12.2 Å². The summed E-state index contributed by atoms with van der Waals surface area (Å²) in [6.45, 7) is -0.130. The molecule has 0 spiro atoms. The lowest BCUT2D eigenvalue weighted by Crippen LogP contribution is -2.38. The van der Waals surface area contributed by atoms with Crippen molar-refractivity contribution < 1.29 is 31.9 Å². The first-order valence-electron chi connectivity index (χ1n) is 7.75. The van der Waals surface area contributed by atoms with Crippen LogP contribution in [0.1, 0.15) is 17.2 Å². The highest BCUT2D eigenvalue weighted by molar-refractivity contribution is 6.39. The van der Waals surface area contributed by atoms with Crippen LogP contribution in [0.3, 0.4) is 0 Å². The van der Waals surface area contributed by atoms with Gasteiger partial charge < -0.3 is 15.4 Å². The Bertz CT molecular complexity index is 824. The quantitative estimate of drug-likeness (QED) is 0.614. The molecule has 1 unspecified atom stereocenters. The summed E-state index contributed by atoms with van der Waals surface area (Å²) < 4.78 is 56.4. The molecule has 2 rings (SSSR count).